The smallest absolute Gasteiger partial charge is 0.362 e. The van der Waals surface area contributed by atoms with E-state index in [0.717, 1.165) is 18.4 Å². The number of carbonyl (C=O) groups is 1. The number of hydrogen-bond donors (Lipinski definition) is 1. The van der Waals surface area contributed by atoms with E-state index in [1.165, 1.54) is 5.56 Å². The molecule has 0 amide bonds. The van der Waals surface area contributed by atoms with Gasteiger partial charge >= 0.3 is 5.97 Å². The Hall–Kier alpha value is -3.15. The number of aromatic nitrogens is 3. The summed E-state index contributed by atoms with van der Waals surface area (Å²) in [5.41, 5.74) is 2.37. The maximum atomic E-state index is 12.0. The van der Waals surface area contributed by atoms with Crippen molar-refractivity contribution in [3.63, 3.8) is 0 Å². The van der Waals surface area contributed by atoms with Gasteiger partial charge in [0.05, 0.1) is 6.61 Å². The van der Waals surface area contributed by atoms with E-state index in [1.807, 2.05) is 48.5 Å². The van der Waals surface area contributed by atoms with Crippen LogP contribution in [0.4, 0.5) is 0 Å². The first kappa shape index (κ1) is 17.7. The van der Waals surface area contributed by atoms with Gasteiger partial charge in [0.25, 0.3) is 5.88 Å². The Kier molecular flexibility index (Phi) is 5.98. The summed E-state index contributed by atoms with van der Waals surface area (Å²) >= 11 is 0. The Morgan fingerprint density at radius 1 is 1.08 bits per heavy atom. The number of nitrogens with one attached hydrogen (secondary N) is 1. The lowest BCUT2D eigenvalue weighted by Crippen LogP contribution is -2.13. The molecule has 26 heavy (non-hydrogen) atoms. The van der Waals surface area contributed by atoms with Gasteiger partial charge in [-0.2, -0.15) is 0 Å². The van der Waals surface area contributed by atoms with Gasteiger partial charge in [-0.15, -0.1) is 0 Å². The fourth-order valence-corrected chi connectivity index (χ4v) is 2.68. The topological polar surface area (TPSA) is 77.1 Å². The van der Waals surface area contributed by atoms with Gasteiger partial charge in [-0.25, -0.2) is 9.89 Å². The molecule has 1 atom stereocenters. The predicted molar refractivity (Wildman–Crippen MR) is 96.9 cm³/mol. The van der Waals surface area contributed by atoms with E-state index in [0.29, 0.717) is 0 Å². The average molecular weight is 351 g/mol. The molecule has 6 heteroatoms. The third-order valence-corrected chi connectivity index (χ3v) is 3.96. The molecule has 134 valence electrons. The third-order valence-electron chi connectivity index (χ3n) is 3.96. The predicted octanol–water partition coefficient (Wildman–Crippen LogP) is 3.73. The Morgan fingerprint density at radius 2 is 1.77 bits per heavy atom. The summed E-state index contributed by atoms with van der Waals surface area (Å²) in [7, 11) is 0. The molecule has 2 aromatic carbocycles. The lowest BCUT2D eigenvalue weighted by atomic mass is 10.0. The van der Waals surface area contributed by atoms with Gasteiger partial charge in [0.15, 0.2) is 0 Å². The fourth-order valence-electron chi connectivity index (χ4n) is 2.68. The summed E-state index contributed by atoms with van der Waals surface area (Å²) in [6, 6.07) is 20.1. The molecule has 1 heterocycles. The van der Waals surface area contributed by atoms with Crippen LogP contribution in [0.5, 0.6) is 5.88 Å². The minimum atomic E-state index is -0.526. The number of rotatable bonds is 8. The van der Waals surface area contributed by atoms with Crippen LogP contribution in [0.3, 0.4) is 0 Å². The average Bonchev–Trinajstić information content (AvgIpc) is 3.15. The second-order valence-electron chi connectivity index (χ2n) is 5.75. The monoisotopic (exact) mass is 351 g/mol. The zero-order valence-electron chi connectivity index (χ0n) is 14.6. The number of nitrogens with zero attached hydrogens (tertiary/aromatic N) is 2. The van der Waals surface area contributed by atoms with E-state index in [-0.39, 0.29) is 24.3 Å². The van der Waals surface area contributed by atoms with Crippen LogP contribution >= 0.6 is 0 Å². The Morgan fingerprint density at radius 3 is 2.46 bits per heavy atom. The van der Waals surface area contributed by atoms with Crippen LogP contribution in [0, 0.1) is 0 Å². The molecule has 0 fully saturated rings. The number of aromatic amines is 1. The molecule has 3 rings (SSSR count). The van der Waals surface area contributed by atoms with Crippen molar-refractivity contribution in [3.8, 4) is 5.88 Å². The highest BCUT2D eigenvalue weighted by atomic mass is 16.5. The van der Waals surface area contributed by atoms with Crippen LogP contribution < -0.4 is 4.74 Å². The Balaban J connectivity index is 1.78. The largest absolute Gasteiger partial charge is 0.467 e. The number of H-pyrrole nitrogens is 1. The molecule has 0 aliphatic heterocycles. The third kappa shape index (κ3) is 4.47. The minimum Gasteiger partial charge on any atom is -0.467 e. The number of carbonyl (C=O) groups excluding carboxylic acids is 1. The van der Waals surface area contributed by atoms with Crippen LogP contribution in [-0.2, 0) is 11.2 Å². The first-order valence-electron chi connectivity index (χ1n) is 8.61. The SMILES string of the molecule is CCOC(=O)c1[nH]nnc1OC(CCc1ccccc1)c1ccccc1. The number of aryl methyl sites for hydroxylation is 1. The summed E-state index contributed by atoms with van der Waals surface area (Å²) in [5.74, 6) is -0.368. The number of esters is 1. The molecule has 0 spiro atoms. The van der Waals surface area contributed by atoms with Crippen LogP contribution in [-0.4, -0.2) is 28.0 Å². The van der Waals surface area contributed by atoms with E-state index in [9.17, 15) is 4.79 Å². The zero-order valence-corrected chi connectivity index (χ0v) is 14.6. The second kappa shape index (κ2) is 8.80. The van der Waals surface area contributed by atoms with Crippen LogP contribution in [0.15, 0.2) is 60.7 Å². The van der Waals surface area contributed by atoms with Gasteiger partial charge in [0.2, 0.25) is 5.69 Å². The molecule has 0 bridgehead atoms. The lowest BCUT2D eigenvalue weighted by molar-refractivity contribution is 0.0510. The van der Waals surface area contributed by atoms with Gasteiger partial charge < -0.3 is 9.47 Å². The van der Waals surface area contributed by atoms with Crippen molar-refractivity contribution in [1.82, 2.24) is 15.4 Å². The Bertz CT molecular complexity index is 819. The summed E-state index contributed by atoms with van der Waals surface area (Å²) in [6.07, 6.45) is 1.32. The first-order chi connectivity index (χ1) is 12.8. The quantitative estimate of drug-likeness (QED) is 0.626. The highest BCUT2D eigenvalue weighted by Crippen LogP contribution is 2.26. The summed E-state index contributed by atoms with van der Waals surface area (Å²) < 4.78 is 11.1. The number of benzene rings is 2. The van der Waals surface area contributed by atoms with Gasteiger partial charge in [0.1, 0.15) is 6.10 Å². The van der Waals surface area contributed by atoms with E-state index < -0.39 is 5.97 Å². The molecule has 3 aromatic rings. The maximum Gasteiger partial charge on any atom is 0.362 e. The summed E-state index contributed by atoms with van der Waals surface area (Å²) in [5, 5.41) is 10.2. The van der Waals surface area contributed by atoms with Gasteiger partial charge in [-0.1, -0.05) is 71.0 Å². The van der Waals surface area contributed by atoms with E-state index in [4.69, 9.17) is 9.47 Å². The molecule has 1 unspecified atom stereocenters. The zero-order chi connectivity index (χ0) is 18.2. The van der Waals surface area contributed by atoms with Crippen LogP contribution in [0.2, 0.25) is 0 Å². The van der Waals surface area contributed by atoms with Crippen LogP contribution in [0.25, 0.3) is 0 Å². The van der Waals surface area contributed by atoms with Crippen molar-refractivity contribution in [1.29, 1.82) is 0 Å². The van der Waals surface area contributed by atoms with Crippen molar-refractivity contribution in [2.24, 2.45) is 0 Å². The fraction of sp³-hybridized carbons (Fsp3) is 0.250. The first-order valence-corrected chi connectivity index (χ1v) is 8.61. The highest BCUT2D eigenvalue weighted by Gasteiger charge is 2.22. The van der Waals surface area contributed by atoms with Crippen LogP contribution in [0.1, 0.15) is 41.1 Å². The van der Waals surface area contributed by atoms with E-state index >= 15 is 0 Å². The molecule has 0 saturated heterocycles. The standard InChI is InChI=1S/C20H21N3O3/c1-2-25-20(24)18-19(22-23-21-18)26-17(16-11-7-4-8-12-16)14-13-15-9-5-3-6-10-15/h3-12,17H,2,13-14H2,1H3,(H,21,22,23). The van der Waals surface area contributed by atoms with Gasteiger partial charge in [-0.3, -0.25) is 0 Å². The molecular weight excluding hydrogens is 330 g/mol. The van der Waals surface area contributed by atoms with Gasteiger partial charge in [-0.05, 0) is 30.9 Å². The Labute approximate surface area is 152 Å². The number of ether oxygens (including phenoxy) is 2. The lowest BCUT2D eigenvalue weighted by Gasteiger charge is -2.18. The summed E-state index contributed by atoms with van der Waals surface area (Å²) in [4.78, 5) is 12.0. The van der Waals surface area contributed by atoms with E-state index in [1.54, 1.807) is 6.92 Å². The van der Waals surface area contributed by atoms with Crippen molar-refractivity contribution < 1.29 is 14.3 Å². The highest BCUT2D eigenvalue weighted by molar-refractivity contribution is 5.89. The molecule has 0 aliphatic carbocycles. The minimum absolute atomic E-state index is 0.132. The number of hydrogen-bond acceptors (Lipinski definition) is 5. The van der Waals surface area contributed by atoms with Crippen molar-refractivity contribution >= 4 is 5.97 Å². The molecule has 1 aromatic heterocycles. The summed E-state index contributed by atoms with van der Waals surface area (Å²) in [6.45, 7) is 2.02. The maximum absolute atomic E-state index is 12.0. The van der Waals surface area contributed by atoms with Crippen molar-refractivity contribution in [2.75, 3.05) is 6.61 Å². The van der Waals surface area contributed by atoms with E-state index in [2.05, 4.69) is 27.5 Å². The van der Waals surface area contributed by atoms with Crippen molar-refractivity contribution in [2.45, 2.75) is 25.9 Å². The van der Waals surface area contributed by atoms with Crippen molar-refractivity contribution in [3.05, 3.63) is 77.5 Å². The molecule has 0 saturated carbocycles. The van der Waals surface area contributed by atoms with Gasteiger partial charge in [0, 0.05) is 0 Å². The molecular formula is C20H21N3O3. The molecule has 0 aliphatic rings. The normalized spacial score (nSPS) is 11.7. The molecule has 0 radical (unpaired) electrons. The molecule has 1 N–H and O–H groups in total. The second-order valence-corrected chi connectivity index (χ2v) is 5.75. The molecule has 6 nitrogen and oxygen atoms in total.